The monoisotopic (exact) mass is 261 g/mol. The molecule has 2 aromatic rings. The number of rotatable bonds is 4. The van der Waals surface area contributed by atoms with Gasteiger partial charge in [0.05, 0.1) is 0 Å². The van der Waals surface area contributed by atoms with E-state index in [0.29, 0.717) is 11.2 Å². The van der Waals surface area contributed by atoms with E-state index in [1.54, 1.807) is 0 Å². The third-order valence-electron chi connectivity index (χ3n) is 3.62. The number of aromatic nitrogens is 3. The fourth-order valence-electron chi connectivity index (χ4n) is 2.65. The molecule has 1 aliphatic carbocycles. The minimum atomic E-state index is 0.517. The molecule has 3 rings (SSSR count). The van der Waals surface area contributed by atoms with Crippen LogP contribution in [0.25, 0.3) is 0 Å². The fourth-order valence-corrected chi connectivity index (χ4v) is 2.85. The van der Waals surface area contributed by atoms with Gasteiger partial charge in [-0.2, -0.15) is 0 Å². The molecule has 1 atom stereocenters. The molecular weight excluding hydrogens is 246 g/mol. The lowest BCUT2D eigenvalue weighted by atomic mass is 9.77. The quantitative estimate of drug-likeness (QED) is 0.846. The molecule has 0 saturated carbocycles. The lowest BCUT2D eigenvalue weighted by Gasteiger charge is -2.30. The Morgan fingerprint density at radius 3 is 2.94 bits per heavy atom. The summed E-state index contributed by atoms with van der Waals surface area (Å²) in [5, 5.41) is 8.65. The summed E-state index contributed by atoms with van der Waals surface area (Å²) in [5.41, 5.74) is 2.91. The van der Waals surface area contributed by atoms with Crippen molar-refractivity contribution in [3.05, 3.63) is 46.5 Å². The van der Waals surface area contributed by atoms with E-state index in [4.69, 9.17) is 11.6 Å². The van der Waals surface area contributed by atoms with Gasteiger partial charge >= 0.3 is 0 Å². The van der Waals surface area contributed by atoms with Gasteiger partial charge in [0.1, 0.15) is 5.82 Å². The largest absolute Gasteiger partial charge is 0.301 e. The van der Waals surface area contributed by atoms with E-state index in [1.807, 2.05) is 0 Å². The summed E-state index contributed by atoms with van der Waals surface area (Å²) in [6.45, 7) is 3.05. The Hall–Kier alpha value is -1.35. The van der Waals surface area contributed by atoms with Crippen molar-refractivity contribution >= 4 is 11.6 Å². The second-order valence-electron chi connectivity index (χ2n) is 4.85. The number of hydrogen-bond donors (Lipinski definition) is 0. The average Bonchev–Trinajstić information content (AvgIpc) is 2.68. The second-order valence-corrected chi connectivity index (χ2v) is 5.18. The van der Waals surface area contributed by atoms with E-state index in [2.05, 4.69) is 46.0 Å². The number of nitrogens with zero attached hydrogens (tertiary/aromatic N) is 3. The summed E-state index contributed by atoms with van der Waals surface area (Å²) in [7, 11) is 0. The van der Waals surface area contributed by atoms with Crippen LogP contribution in [0.5, 0.6) is 0 Å². The van der Waals surface area contributed by atoms with Crippen LogP contribution < -0.4 is 0 Å². The number of aryl methyl sites for hydroxylation is 1. The van der Waals surface area contributed by atoms with E-state index >= 15 is 0 Å². The predicted octanol–water partition coefficient (Wildman–Crippen LogP) is 3.22. The van der Waals surface area contributed by atoms with E-state index in [0.717, 1.165) is 31.6 Å². The van der Waals surface area contributed by atoms with Crippen LogP contribution in [0.1, 0.15) is 36.2 Å². The minimum Gasteiger partial charge on any atom is -0.301 e. The van der Waals surface area contributed by atoms with Gasteiger partial charge < -0.3 is 4.57 Å². The molecule has 0 amide bonds. The van der Waals surface area contributed by atoms with Crippen molar-refractivity contribution in [2.45, 2.75) is 38.6 Å². The number of benzene rings is 1. The van der Waals surface area contributed by atoms with Gasteiger partial charge in [-0.15, -0.1) is 10.2 Å². The maximum Gasteiger partial charge on any atom is 0.225 e. The third kappa shape index (κ3) is 1.93. The van der Waals surface area contributed by atoms with Crippen molar-refractivity contribution in [2.24, 2.45) is 0 Å². The van der Waals surface area contributed by atoms with Gasteiger partial charge in [0.25, 0.3) is 0 Å². The van der Waals surface area contributed by atoms with Gasteiger partial charge in [0.2, 0.25) is 5.28 Å². The minimum absolute atomic E-state index is 0.517. The van der Waals surface area contributed by atoms with Crippen molar-refractivity contribution < 1.29 is 0 Å². The van der Waals surface area contributed by atoms with Crippen LogP contribution in [0.15, 0.2) is 24.3 Å². The van der Waals surface area contributed by atoms with Crippen molar-refractivity contribution in [2.75, 3.05) is 0 Å². The SMILES string of the molecule is CCCc1nnc(Cl)n1CC1Cc2ccccc21. The average molecular weight is 262 g/mol. The molecule has 18 heavy (non-hydrogen) atoms. The topological polar surface area (TPSA) is 30.7 Å². The zero-order valence-electron chi connectivity index (χ0n) is 10.4. The third-order valence-corrected chi connectivity index (χ3v) is 3.90. The van der Waals surface area contributed by atoms with Gasteiger partial charge in [-0.1, -0.05) is 31.2 Å². The molecule has 3 nitrogen and oxygen atoms in total. The zero-order valence-corrected chi connectivity index (χ0v) is 11.2. The van der Waals surface area contributed by atoms with Gasteiger partial charge in [0, 0.05) is 18.9 Å². The molecule has 1 heterocycles. The Morgan fingerprint density at radius 1 is 1.33 bits per heavy atom. The molecule has 0 aliphatic heterocycles. The van der Waals surface area contributed by atoms with Gasteiger partial charge in [-0.05, 0) is 35.6 Å². The Labute approximate surface area is 112 Å². The summed E-state index contributed by atoms with van der Waals surface area (Å²) in [5.74, 6) is 1.57. The van der Waals surface area contributed by atoms with Gasteiger partial charge in [-0.25, -0.2) is 0 Å². The number of halogens is 1. The molecule has 1 aromatic carbocycles. The lowest BCUT2D eigenvalue weighted by molar-refractivity contribution is 0.494. The van der Waals surface area contributed by atoms with Crippen LogP contribution in [-0.4, -0.2) is 14.8 Å². The van der Waals surface area contributed by atoms with Crippen LogP contribution in [0.4, 0.5) is 0 Å². The molecule has 0 fully saturated rings. The molecule has 1 aliphatic rings. The first-order valence-corrected chi connectivity index (χ1v) is 6.82. The highest BCUT2D eigenvalue weighted by Crippen LogP contribution is 2.36. The number of hydrogen-bond acceptors (Lipinski definition) is 2. The van der Waals surface area contributed by atoms with Gasteiger partial charge in [-0.3, -0.25) is 0 Å². The molecule has 0 radical (unpaired) electrons. The molecule has 1 aromatic heterocycles. The first-order chi connectivity index (χ1) is 8.79. The lowest BCUT2D eigenvalue weighted by Crippen LogP contribution is -2.23. The van der Waals surface area contributed by atoms with Gasteiger partial charge in [0.15, 0.2) is 0 Å². The molecule has 0 spiro atoms. The summed E-state index contributed by atoms with van der Waals surface area (Å²) in [6.07, 6.45) is 3.14. The summed E-state index contributed by atoms with van der Waals surface area (Å²) in [6, 6.07) is 8.61. The zero-order chi connectivity index (χ0) is 12.5. The Kier molecular flexibility index (Phi) is 3.08. The van der Waals surface area contributed by atoms with E-state index in [9.17, 15) is 0 Å². The molecule has 94 valence electrons. The summed E-state index contributed by atoms with van der Waals surface area (Å²) >= 11 is 6.12. The van der Waals surface area contributed by atoms with E-state index in [-0.39, 0.29) is 0 Å². The Bertz CT molecular complexity index is 562. The second kappa shape index (κ2) is 4.73. The smallest absolute Gasteiger partial charge is 0.225 e. The summed E-state index contributed by atoms with van der Waals surface area (Å²) in [4.78, 5) is 0. The maximum absolute atomic E-state index is 6.12. The maximum atomic E-state index is 6.12. The van der Waals surface area contributed by atoms with Crippen LogP contribution in [0.2, 0.25) is 5.28 Å². The van der Waals surface area contributed by atoms with Crippen LogP contribution in [0, 0.1) is 0 Å². The highest BCUT2D eigenvalue weighted by Gasteiger charge is 2.27. The summed E-state index contributed by atoms with van der Waals surface area (Å²) < 4.78 is 2.06. The van der Waals surface area contributed by atoms with Crippen LogP contribution >= 0.6 is 11.6 Å². The Morgan fingerprint density at radius 2 is 2.17 bits per heavy atom. The normalized spacial score (nSPS) is 17.3. The molecule has 0 bridgehead atoms. The standard InChI is InChI=1S/C14H16ClN3/c1-2-5-13-16-17-14(15)18(13)9-11-8-10-6-3-4-7-12(10)11/h3-4,6-7,11H,2,5,8-9H2,1H3. The first kappa shape index (κ1) is 11.7. The first-order valence-electron chi connectivity index (χ1n) is 6.45. The predicted molar refractivity (Wildman–Crippen MR) is 71.9 cm³/mol. The van der Waals surface area contributed by atoms with Crippen LogP contribution in [-0.2, 0) is 19.4 Å². The van der Waals surface area contributed by atoms with Crippen molar-refractivity contribution in [3.8, 4) is 0 Å². The number of fused-ring (bicyclic) bond motifs is 1. The van der Waals surface area contributed by atoms with E-state index < -0.39 is 0 Å². The van der Waals surface area contributed by atoms with Crippen molar-refractivity contribution in [3.63, 3.8) is 0 Å². The van der Waals surface area contributed by atoms with Crippen molar-refractivity contribution in [1.29, 1.82) is 0 Å². The highest BCUT2D eigenvalue weighted by molar-refractivity contribution is 6.28. The van der Waals surface area contributed by atoms with Crippen LogP contribution in [0.3, 0.4) is 0 Å². The molecule has 0 saturated heterocycles. The van der Waals surface area contributed by atoms with Crippen molar-refractivity contribution in [1.82, 2.24) is 14.8 Å². The fraction of sp³-hybridized carbons (Fsp3) is 0.429. The highest BCUT2D eigenvalue weighted by atomic mass is 35.5. The Balaban J connectivity index is 1.81. The molecule has 4 heteroatoms. The molecule has 1 unspecified atom stereocenters. The molecular formula is C14H16ClN3. The molecule has 0 N–H and O–H groups in total. The van der Waals surface area contributed by atoms with E-state index in [1.165, 1.54) is 11.1 Å².